The van der Waals surface area contributed by atoms with E-state index in [0.29, 0.717) is 34.7 Å². The number of para-hydroxylation sites is 2. The topological polar surface area (TPSA) is 311 Å². The average Bonchev–Trinajstić information content (AvgIpc) is 3.25. The van der Waals surface area contributed by atoms with Gasteiger partial charge in [0.05, 0.1) is 36.1 Å². The van der Waals surface area contributed by atoms with Crippen LogP contribution in [0, 0.1) is 7.05 Å². The molecule has 67 heavy (non-hydrogen) atoms. The number of carboxylic acids is 1. The predicted molar refractivity (Wildman–Crippen MR) is 228 cm³/mol. The van der Waals surface area contributed by atoms with Crippen LogP contribution in [0.3, 0.4) is 0 Å². The number of rotatable bonds is 22. The van der Waals surface area contributed by atoms with Crippen LogP contribution in [-0.4, -0.2) is 91.9 Å². The SMILES string of the molecule is [CH2-]N(CC(=O)[O-])c1nc(Nc2ccccc2)nc(Nc2ccc(/C=C/c3ccc(Nc4nc(Nc5ccccc5)nc(N(CCO)CCO)n4)cc3S(=O)(=O)[O-])c(SOO[O-])c2)n1.[Na+].[Na+].[Na+].[Na+]. The van der Waals surface area contributed by atoms with Gasteiger partial charge >= 0.3 is 118 Å². The molecule has 0 spiro atoms. The maximum atomic E-state index is 12.6. The van der Waals surface area contributed by atoms with E-state index >= 15 is 0 Å². The van der Waals surface area contributed by atoms with Crippen LogP contribution in [0.25, 0.3) is 12.2 Å². The van der Waals surface area contributed by atoms with Gasteiger partial charge in [-0.15, -0.1) is 0 Å². The van der Waals surface area contributed by atoms with Gasteiger partial charge in [0.2, 0.25) is 35.7 Å². The molecule has 2 aromatic heterocycles. The standard InChI is InChI=1S/C39H39N12O10S2.4Na/c1-50(24-33(54)55)38-46-34(40-27-8-4-2-5-9-27)44-36(47-38)42-29-16-14-25(31(22-29)62-61-60-56)12-13-26-15-17-30(23-32(26)63(57,58)59)43-37-45-35(41-28-10-6-3-7-11-28)48-39(49-37)51(18-20-52)19-21-53;;;;/h2-17,22-23,52-53,56H,1,18-21,24H2,(H,54,55)(H,57,58,59)(H2,40,42,44,46,47)(H2,41,43,45,48,49);;;;/q-1;4*+1/p-3/b13-12+;;;;. The number of carboxylic acid groups (broad SMARTS) is 1. The number of aromatic nitrogens is 6. The molecule has 0 aliphatic rings. The first kappa shape index (κ1) is 60.1. The number of aliphatic carboxylic acids is 1. The molecule has 0 unspecified atom stereocenters. The number of nitrogens with one attached hydrogen (secondary N) is 4. The molecule has 0 saturated carbocycles. The second-order valence-corrected chi connectivity index (χ2v) is 14.9. The second kappa shape index (κ2) is 29.9. The Bertz CT molecular complexity index is 2650. The van der Waals surface area contributed by atoms with E-state index in [2.05, 4.69) is 67.6 Å². The van der Waals surface area contributed by atoms with E-state index in [1.54, 1.807) is 60.7 Å². The Morgan fingerprint density at radius 2 is 1.12 bits per heavy atom. The van der Waals surface area contributed by atoms with Crippen molar-refractivity contribution in [1.29, 1.82) is 0 Å². The molecule has 22 nitrogen and oxygen atoms in total. The first-order chi connectivity index (χ1) is 30.4. The molecule has 0 fully saturated rings. The number of carbonyl (C=O) groups excluding carboxylic acids is 1. The van der Waals surface area contributed by atoms with Gasteiger partial charge in [0.15, 0.2) is 0 Å². The Hall–Kier alpha value is -3.03. The van der Waals surface area contributed by atoms with Gasteiger partial charge in [-0.3, -0.25) is 12.1 Å². The molecule has 6 N–H and O–H groups in total. The molecule has 2 heterocycles. The summed E-state index contributed by atoms with van der Waals surface area (Å²) < 4.78 is 42.5. The minimum Gasteiger partial charge on any atom is -0.744 e. The van der Waals surface area contributed by atoms with Gasteiger partial charge in [0.25, 0.3) is 0 Å². The van der Waals surface area contributed by atoms with Crippen LogP contribution < -0.4 is 160 Å². The van der Waals surface area contributed by atoms with E-state index in [1.807, 2.05) is 12.1 Å². The van der Waals surface area contributed by atoms with Gasteiger partial charge in [-0.25, -0.2) is 8.42 Å². The fraction of sp³-hybridized carbons (Fsp3) is 0.128. The van der Waals surface area contributed by atoms with E-state index in [1.165, 1.54) is 35.3 Å². The van der Waals surface area contributed by atoms with Crippen molar-refractivity contribution in [3.05, 3.63) is 115 Å². The van der Waals surface area contributed by atoms with E-state index in [4.69, 9.17) is 0 Å². The summed E-state index contributed by atoms with van der Waals surface area (Å²) in [5, 5.41) is 56.9. The van der Waals surface area contributed by atoms with Gasteiger partial charge in [-0.2, -0.15) is 34.2 Å². The zero-order valence-corrected chi connectivity index (χ0v) is 46.3. The van der Waals surface area contributed by atoms with E-state index in [0.717, 1.165) is 11.0 Å². The zero-order valence-electron chi connectivity index (χ0n) is 36.7. The summed E-state index contributed by atoms with van der Waals surface area (Å²) >= 11 is 0.523. The third-order valence-corrected chi connectivity index (χ3v) is 9.88. The second-order valence-electron chi connectivity index (χ2n) is 12.8. The summed E-state index contributed by atoms with van der Waals surface area (Å²) in [5.74, 6) is -1.38. The van der Waals surface area contributed by atoms with Crippen molar-refractivity contribution in [2.45, 2.75) is 9.79 Å². The number of benzene rings is 4. The van der Waals surface area contributed by atoms with Crippen LogP contribution in [0.2, 0.25) is 0 Å². The van der Waals surface area contributed by atoms with Crippen LogP contribution in [0.4, 0.5) is 58.4 Å². The molecule has 328 valence electrons. The van der Waals surface area contributed by atoms with Crippen molar-refractivity contribution in [1.82, 2.24) is 29.9 Å². The molecule has 0 atom stereocenters. The van der Waals surface area contributed by atoms with Crippen molar-refractivity contribution in [3.63, 3.8) is 0 Å². The fourth-order valence-electron chi connectivity index (χ4n) is 5.59. The number of aliphatic hydroxyl groups excluding tert-OH is 2. The third-order valence-electron chi connectivity index (χ3n) is 8.34. The largest absolute Gasteiger partial charge is 1.00 e. The van der Waals surface area contributed by atoms with Gasteiger partial charge in [0, 0.05) is 47.3 Å². The minimum atomic E-state index is -5.08. The maximum Gasteiger partial charge on any atom is 1.00 e. The van der Waals surface area contributed by atoms with Crippen LogP contribution >= 0.6 is 12.0 Å². The quantitative estimate of drug-likeness (QED) is 0.00700. The normalized spacial score (nSPS) is 10.6. The van der Waals surface area contributed by atoms with Crippen LogP contribution in [0.5, 0.6) is 0 Å². The van der Waals surface area contributed by atoms with Crippen LogP contribution in [-0.2, 0) is 24.3 Å². The summed E-state index contributed by atoms with van der Waals surface area (Å²) in [6.45, 7) is -0.985. The molecule has 4 aromatic carbocycles. The Balaban J connectivity index is 0.00000385. The molecule has 0 bridgehead atoms. The molecular weight excluding hydrogens is 953 g/mol. The fourth-order valence-corrected chi connectivity index (χ4v) is 6.80. The van der Waals surface area contributed by atoms with Crippen LogP contribution in [0.1, 0.15) is 11.1 Å². The summed E-state index contributed by atoms with van der Waals surface area (Å²) in [6.07, 6.45) is 2.83. The molecule has 0 aliphatic carbocycles. The van der Waals surface area contributed by atoms with Gasteiger partial charge in [-0.1, -0.05) is 60.7 Å². The number of aliphatic hydroxyl groups is 2. The van der Waals surface area contributed by atoms with E-state index in [-0.39, 0.29) is 196 Å². The zero-order chi connectivity index (χ0) is 44.8. The van der Waals surface area contributed by atoms with Gasteiger partial charge in [-0.05, 0) is 59.7 Å². The average molecular weight is 989 g/mol. The van der Waals surface area contributed by atoms with Crippen molar-refractivity contribution < 1.29 is 166 Å². The van der Waals surface area contributed by atoms with Crippen molar-refractivity contribution in [2.75, 3.05) is 63.9 Å². The summed E-state index contributed by atoms with van der Waals surface area (Å²) in [6, 6.07) is 26.5. The number of hydrogen-bond acceptors (Lipinski definition) is 23. The Morgan fingerprint density at radius 1 is 0.672 bits per heavy atom. The predicted octanol–water partition coefficient (Wildman–Crippen LogP) is -9.51. The third kappa shape index (κ3) is 18.7. The first-order valence-electron chi connectivity index (χ1n) is 18.4. The van der Waals surface area contributed by atoms with E-state index < -0.39 is 27.5 Å². The Labute approximate surface area is 477 Å². The summed E-state index contributed by atoms with van der Waals surface area (Å²) in [5.41, 5.74) is 2.13. The number of anilines is 10. The smallest absolute Gasteiger partial charge is 0.744 e. The van der Waals surface area contributed by atoms with Crippen molar-refractivity contribution >= 4 is 98.7 Å². The van der Waals surface area contributed by atoms with E-state index in [9.17, 15) is 38.3 Å². The minimum absolute atomic E-state index is 0. The molecule has 0 aliphatic heterocycles. The Morgan fingerprint density at radius 3 is 1.58 bits per heavy atom. The van der Waals surface area contributed by atoms with Crippen molar-refractivity contribution in [2.24, 2.45) is 0 Å². The molecule has 0 amide bonds. The summed E-state index contributed by atoms with van der Waals surface area (Å²) in [4.78, 5) is 39.6. The number of hydrogen-bond donors (Lipinski definition) is 6. The number of nitrogens with zero attached hydrogens (tertiary/aromatic N) is 8. The number of carbonyl (C=O) groups is 1. The first-order valence-corrected chi connectivity index (χ1v) is 20.6. The van der Waals surface area contributed by atoms with Gasteiger partial charge < -0.3 is 61.0 Å². The van der Waals surface area contributed by atoms with Gasteiger partial charge in [0.1, 0.15) is 10.1 Å². The molecule has 28 heteroatoms. The molecule has 6 rings (SSSR count). The van der Waals surface area contributed by atoms with Crippen LogP contribution in [0.15, 0.2) is 107 Å². The summed E-state index contributed by atoms with van der Waals surface area (Å²) in [7, 11) is -1.41. The molecule has 0 radical (unpaired) electrons. The van der Waals surface area contributed by atoms with Crippen molar-refractivity contribution in [3.8, 4) is 0 Å². The molecular formula is C39H36N12Na4O10S2. The molecule has 6 aromatic rings. The monoisotopic (exact) mass is 988 g/mol. The Kier molecular flexibility index (Phi) is 26.8. The molecule has 0 saturated heterocycles. The maximum absolute atomic E-state index is 12.6.